The summed E-state index contributed by atoms with van der Waals surface area (Å²) < 4.78 is 44.8. The van der Waals surface area contributed by atoms with Gasteiger partial charge in [-0.25, -0.2) is 4.79 Å². The van der Waals surface area contributed by atoms with Gasteiger partial charge in [-0.15, -0.1) is 10.2 Å². The summed E-state index contributed by atoms with van der Waals surface area (Å²) in [5.74, 6) is 0.675. The van der Waals surface area contributed by atoms with Crippen LogP contribution in [0.3, 0.4) is 0 Å². The Morgan fingerprint density at radius 3 is 1.97 bits per heavy atom. The Balaban J connectivity index is 1.44. The molecule has 4 aromatic rings. The number of benzene rings is 3. The van der Waals surface area contributed by atoms with Crippen LogP contribution in [0.5, 0.6) is 0 Å². The van der Waals surface area contributed by atoms with Crippen molar-refractivity contribution in [1.82, 2.24) is 10.2 Å². The number of nitrogens with zero attached hydrogens (tertiary/aromatic N) is 2. The minimum absolute atomic E-state index is 0.300. The number of anilines is 2. The molecule has 2 amide bonds. The Hall–Kier alpha value is -4.14. The Kier molecular flexibility index (Phi) is 5.40. The highest BCUT2D eigenvalue weighted by Crippen LogP contribution is 2.34. The van der Waals surface area contributed by atoms with Gasteiger partial charge in [-0.2, -0.15) is 13.2 Å². The van der Waals surface area contributed by atoms with E-state index in [9.17, 15) is 18.0 Å². The first-order chi connectivity index (χ1) is 14.9. The molecule has 1 heterocycles. The number of amides is 2. The van der Waals surface area contributed by atoms with Crippen molar-refractivity contribution in [3.63, 3.8) is 0 Å². The molecule has 156 valence electrons. The van der Waals surface area contributed by atoms with Crippen molar-refractivity contribution in [2.24, 2.45) is 0 Å². The first-order valence-electron chi connectivity index (χ1n) is 9.14. The molecule has 0 saturated carbocycles. The third-order valence-corrected chi connectivity index (χ3v) is 4.32. The summed E-state index contributed by atoms with van der Waals surface area (Å²) in [5, 5.41) is 12.8. The van der Waals surface area contributed by atoms with Gasteiger partial charge in [-0.05, 0) is 48.5 Å². The summed E-state index contributed by atoms with van der Waals surface area (Å²) in [5.41, 5.74) is 0.543. The van der Waals surface area contributed by atoms with Crippen LogP contribution in [-0.4, -0.2) is 16.2 Å². The van der Waals surface area contributed by atoms with Crippen LogP contribution in [0.4, 0.5) is 29.3 Å². The van der Waals surface area contributed by atoms with Crippen LogP contribution in [0.25, 0.3) is 22.9 Å². The van der Waals surface area contributed by atoms with Gasteiger partial charge in [0.1, 0.15) is 0 Å². The number of nitrogens with one attached hydrogen (secondary N) is 2. The molecule has 1 aromatic heterocycles. The van der Waals surface area contributed by atoms with E-state index in [0.29, 0.717) is 23.0 Å². The van der Waals surface area contributed by atoms with E-state index in [4.69, 9.17) is 4.42 Å². The average Bonchev–Trinajstić information content (AvgIpc) is 3.25. The largest absolute Gasteiger partial charge is 0.418 e. The summed E-state index contributed by atoms with van der Waals surface area (Å²) in [6.07, 6.45) is -4.58. The quantitative estimate of drug-likeness (QED) is 0.417. The second-order valence-corrected chi connectivity index (χ2v) is 6.48. The molecule has 0 saturated heterocycles. The summed E-state index contributed by atoms with van der Waals surface area (Å²) in [7, 11) is 0. The standard InChI is InChI=1S/C22H15F3N4O2/c23-22(24,25)17-8-4-5-9-18(17)27-21(30)26-16-12-10-15(11-13-16)20-29-28-19(31-20)14-6-2-1-3-7-14/h1-13H,(H2,26,27,30). The molecule has 4 rings (SSSR count). The van der Waals surface area contributed by atoms with Gasteiger partial charge in [0, 0.05) is 16.8 Å². The topological polar surface area (TPSA) is 80.1 Å². The lowest BCUT2D eigenvalue weighted by Crippen LogP contribution is -2.21. The van der Waals surface area contributed by atoms with E-state index in [1.54, 1.807) is 24.3 Å². The fourth-order valence-electron chi connectivity index (χ4n) is 2.86. The molecule has 3 aromatic carbocycles. The van der Waals surface area contributed by atoms with Gasteiger partial charge >= 0.3 is 12.2 Å². The SMILES string of the molecule is O=C(Nc1ccc(-c2nnc(-c3ccccc3)o2)cc1)Nc1ccccc1C(F)(F)F. The van der Waals surface area contributed by atoms with E-state index in [1.807, 2.05) is 30.3 Å². The van der Waals surface area contributed by atoms with Crippen molar-refractivity contribution in [3.8, 4) is 22.9 Å². The highest BCUT2D eigenvalue weighted by atomic mass is 19.4. The number of rotatable bonds is 4. The predicted molar refractivity (Wildman–Crippen MR) is 109 cm³/mol. The van der Waals surface area contributed by atoms with E-state index >= 15 is 0 Å². The van der Waals surface area contributed by atoms with E-state index in [-0.39, 0.29) is 5.69 Å². The van der Waals surface area contributed by atoms with E-state index in [2.05, 4.69) is 20.8 Å². The Bertz CT molecular complexity index is 1190. The minimum Gasteiger partial charge on any atom is -0.416 e. The van der Waals surface area contributed by atoms with E-state index in [0.717, 1.165) is 11.6 Å². The fraction of sp³-hybridized carbons (Fsp3) is 0.0455. The van der Waals surface area contributed by atoms with Crippen LogP contribution in [-0.2, 0) is 6.18 Å². The number of alkyl halides is 3. The maximum atomic E-state index is 13.0. The number of aromatic nitrogens is 2. The number of hydrogen-bond acceptors (Lipinski definition) is 4. The molecule has 0 unspecified atom stereocenters. The maximum Gasteiger partial charge on any atom is 0.418 e. The molecule has 0 fully saturated rings. The normalized spacial score (nSPS) is 11.2. The van der Waals surface area contributed by atoms with Crippen LogP contribution in [0.1, 0.15) is 5.56 Å². The number of hydrogen-bond donors (Lipinski definition) is 2. The molecular formula is C22H15F3N4O2. The van der Waals surface area contributed by atoms with Crippen LogP contribution >= 0.6 is 0 Å². The maximum absolute atomic E-state index is 13.0. The van der Waals surface area contributed by atoms with Crippen LogP contribution in [0.15, 0.2) is 83.3 Å². The molecule has 0 bridgehead atoms. The summed E-state index contributed by atoms with van der Waals surface area (Å²) in [4.78, 5) is 12.1. The highest BCUT2D eigenvalue weighted by Gasteiger charge is 2.33. The second kappa shape index (κ2) is 8.31. The third kappa shape index (κ3) is 4.72. The molecule has 9 heteroatoms. The lowest BCUT2D eigenvalue weighted by Gasteiger charge is -2.14. The summed E-state index contributed by atoms with van der Waals surface area (Å²) >= 11 is 0. The third-order valence-electron chi connectivity index (χ3n) is 4.32. The van der Waals surface area contributed by atoms with Crippen molar-refractivity contribution >= 4 is 17.4 Å². The molecule has 0 aliphatic rings. The lowest BCUT2D eigenvalue weighted by atomic mass is 10.1. The highest BCUT2D eigenvalue weighted by molar-refractivity contribution is 6.00. The molecule has 0 aliphatic carbocycles. The van der Waals surface area contributed by atoms with Crippen LogP contribution < -0.4 is 10.6 Å². The van der Waals surface area contributed by atoms with Gasteiger partial charge in [0.05, 0.1) is 11.3 Å². The number of urea groups is 1. The fourth-order valence-corrected chi connectivity index (χ4v) is 2.86. The smallest absolute Gasteiger partial charge is 0.416 e. The molecule has 31 heavy (non-hydrogen) atoms. The molecule has 0 spiro atoms. The number of carbonyl (C=O) groups excluding carboxylic acids is 1. The van der Waals surface area contributed by atoms with Gasteiger partial charge in [0.15, 0.2) is 0 Å². The Morgan fingerprint density at radius 1 is 0.742 bits per heavy atom. The number of halogens is 3. The molecule has 0 atom stereocenters. The van der Waals surface area contributed by atoms with E-state index in [1.165, 1.54) is 18.2 Å². The summed E-state index contributed by atoms with van der Waals surface area (Å²) in [6.45, 7) is 0. The number of para-hydroxylation sites is 1. The van der Waals surface area contributed by atoms with Gasteiger partial charge < -0.3 is 15.1 Å². The zero-order valence-corrected chi connectivity index (χ0v) is 15.9. The molecular weight excluding hydrogens is 409 g/mol. The van der Waals surface area contributed by atoms with Crippen molar-refractivity contribution in [3.05, 3.63) is 84.4 Å². The molecule has 0 radical (unpaired) electrons. The van der Waals surface area contributed by atoms with Gasteiger partial charge in [0.25, 0.3) is 0 Å². The monoisotopic (exact) mass is 424 g/mol. The first-order valence-corrected chi connectivity index (χ1v) is 9.14. The molecule has 6 nitrogen and oxygen atoms in total. The Labute approximate surface area is 174 Å². The van der Waals surface area contributed by atoms with Gasteiger partial charge in [-0.1, -0.05) is 30.3 Å². The van der Waals surface area contributed by atoms with Crippen molar-refractivity contribution in [2.45, 2.75) is 6.18 Å². The first kappa shape index (κ1) is 20.1. The second-order valence-electron chi connectivity index (χ2n) is 6.48. The summed E-state index contributed by atoms with van der Waals surface area (Å²) in [6, 6.07) is 19.7. The zero-order chi connectivity index (χ0) is 21.8. The Morgan fingerprint density at radius 2 is 1.32 bits per heavy atom. The molecule has 2 N–H and O–H groups in total. The number of carbonyl (C=O) groups is 1. The van der Waals surface area contributed by atoms with Gasteiger partial charge in [-0.3, -0.25) is 0 Å². The lowest BCUT2D eigenvalue weighted by molar-refractivity contribution is -0.136. The van der Waals surface area contributed by atoms with Crippen molar-refractivity contribution in [2.75, 3.05) is 10.6 Å². The minimum atomic E-state index is -4.58. The van der Waals surface area contributed by atoms with Crippen LogP contribution in [0, 0.1) is 0 Å². The molecule has 0 aliphatic heterocycles. The predicted octanol–water partition coefficient (Wildman–Crippen LogP) is 6.07. The van der Waals surface area contributed by atoms with Crippen molar-refractivity contribution < 1.29 is 22.4 Å². The van der Waals surface area contributed by atoms with Crippen LogP contribution in [0.2, 0.25) is 0 Å². The zero-order valence-electron chi connectivity index (χ0n) is 15.9. The van der Waals surface area contributed by atoms with E-state index < -0.39 is 17.8 Å². The van der Waals surface area contributed by atoms with Gasteiger partial charge in [0.2, 0.25) is 11.8 Å². The average molecular weight is 424 g/mol. The van der Waals surface area contributed by atoms with Crippen molar-refractivity contribution in [1.29, 1.82) is 0 Å².